The third kappa shape index (κ3) is 2.98. The summed E-state index contributed by atoms with van der Waals surface area (Å²) in [5.41, 5.74) is 6.55. The zero-order valence-corrected chi connectivity index (χ0v) is 10.6. The third-order valence-corrected chi connectivity index (χ3v) is 3.45. The minimum absolute atomic E-state index is 0.371. The smallest absolute Gasteiger partial charge is 0.252 e. The van der Waals surface area contributed by atoms with Crippen molar-refractivity contribution < 1.29 is 9.53 Å². The van der Waals surface area contributed by atoms with Crippen molar-refractivity contribution in [1.82, 2.24) is 4.98 Å². The normalized spacial score (nSPS) is 23.6. The van der Waals surface area contributed by atoms with E-state index in [1.807, 2.05) is 0 Å². The number of methoxy groups -OCH3 is 1. The molecule has 1 aromatic rings. The van der Waals surface area contributed by atoms with Crippen LogP contribution < -0.4 is 11.1 Å². The highest BCUT2D eigenvalue weighted by Gasteiger charge is 2.21. The molecule has 1 aromatic heterocycles. The van der Waals surface area contributed by atoms with E-state index in [9.17, 15) is 4.79 Å². The summed E-state index contributed by atoms with van der Waals surface area (Å²) in [6.45, 7) is 0. The monoisotopic (exact) mass is 249 g/mol. The fourth-order valence-electron chi connectivity index (χ4n) is 2.38. The molecule has 1 amide bonds. The van der Waals surface area contributed by atoms with Gasteiger partial charge in [-0.2, -0.15) is 0 Å². The molecule has 0 bridgehead atoms. The van der Waals surface area contributed by atoms with Gasteiger partial charge in [-0.05, 0) is 31.7 Å². The number of primary amides is 1. The molecule has 0 spiro atoms. The number of hydrogen-bond donors (Lipinski definition) is 2. The number of carbonyl (C=O) groups is 1. The SMILES string of the molecule is COC1CCC(Nc2ccncc2C(N)=O)CC1. The number of ether oxygens (including phenoxy) is 1. The first-order chi connectivity index (χ1) is 8.70. The minimum Gasteiger partial charge on any atom is -0.382 e. The van der Waals surface area contributed by atoms with Gasteiger partial charge in [0.25, 0.3) is 5.91 Å². The van der Waals surface area contributed by atoms with E-state index >= 15 is 0 Å². The van der Waals surface area contributed by atoms with Gasteiger partial charge in [0.15, 0.2) is 0 Å². The first-order valence-corrected chi connectivity index (χ1v) is 6.24. The highest BCUT2D eigenvalue weighted by atomic mass is 16.5. The lowest BCUT2D eigenvalue weighted by Crippen LogP contribution is -2.30. The Labute approximate surface area is 107 Å². The summed E-state index contributed by atoms with van der Waals surface area (Å²) in [4.78, 5) is 15.2. The summed E-state index contributed by atoms with van der Waals surface area (Å²) in [5.74, 6) is -0.448. The summed E-state index contributed by atoms with van der Waals surface area (Å²) < 4.78 is 5.34. The van der Waals surface area contributed by atoms with Crippen molar-refractivity contribution in [3.63, 3.8) is 0 Å². The standard InChI is InChI=1S/C13H19N3O2/c1-18-10-4-2-9(3-5-10)16-12-6-7-15-8-11(12)13(14)17/h6-10H,2-5H2,1H3,(H2,14,17)(H,15,16). The van der Waals surface area contributed by atoms with Crippen LogP contribution in [0.1, 0.15) is 36.0 Å². The van der Waals surface area contributed by atoms with E-state index in [1.165, 1.54) is 6.20 Å². The van der Waals surface area contributed by atoms with Crippen LogP contribution in [0.2, 0.25) is 0 Å². The molecule has 1 aliphatic rings. The summed E-state index contributed by atoms with van der Waals surface area (Å²) in [6, 6.07) is 2.17. The number of nitrogens with zero attached hydrogens (tertiary/aromatic N) is 1. The molecule has 98 valence electrons. The van der Waals surface area contributed by atoms with Crippen molar-refractivity contribution in [2.24, 2.45) is 5.73 Å². The first kappa shape index (κ1) is 12.8. The predicted molar refractivity (Wildman–Crippen MR) is 69.4 cm³/mol. The molecule has 1 fully saturated rings. The van der Waals surface area contributed by atoms with Crippen LogP contribution in [-0.2, 0) is 4.74 Å². The zero-order valence-electron chi connectivity index (χ0n) is 10.6. The maximum absolute atomic E-state index is 11.3. The molecule has 0 saturated heterocycles. The average Bonchev–Trinajstić information content (AvgIpc) is 2.40. The maximum Gasteiger partial charge on any atom is 0.252 e. The molecule has 5 nitrogen and oxygen atoms in total. The van der Waals surface area contributed by atoms with Gasteiger partial charge in [-0.3, -0.25) is 9.78 Å². The van der Waals surface area contributed by atoms with E-state index < -0.39 is 5.91 Å². The van der Waals surface area contributed by atoms with E-state index in [-0.39, 0.29) is 0 Å². The number of aromatic nitrogens is 1. The highest BCUT2D eigenvalue weighted by molar-refractivity contribution is 5.98. The third-order valence-electron chi connectivity index (χ3n) is 3.45. The van der Waals surface area contributed by atoms with Crippen molar-refractivity contribution in [3.05, 3.63) is 24.0 Å². The van der Waals surface area contributed by atoms with E-state index in [1.54, 1.807) is 19.4 Å². The Bertz CT molecular complexity index is 414. The Morgan fingerprint density at radius 2 is 2.17 bits per heavy atom. The van der Waals surface area contributed by atoms with Crippen molar-refractivity contribution in [2.75, 3.05) is 12.4 Å². The van der Waals surface area contributed by atoms with Gasteiger partial charge in [-0.15, -0.1) is 0 Å². The van der Waals surface area contributed by atoms with Crippen molar-refractivity contribution >= 4 is 11.6 Å². The topological polar surface area (TPSA) is 77.2 Å². The lowest BCUT2D eigenvalue weighted by atomic mass is 9.92. The molecular formula is C13H19N3O2. The van der Waals surface area contributed by atoms with Crippen LogP contribution in [0, 0.1) is 0 Å². The Morgan fingerprint density at radius 1 is 1.44 bits per heavy atom. The molecule has 18 heavy (non-hydrogen) atoms. The average molecular weight is 249 g/mol. The van der Waals surface area contributed by atoms with Gasteiger partial charge in [0.1, 0.15) is 0 Å². The summed E-state index contributed by atoms with van der Waals surface area (Å²) in [7, 11) is 1.76. The van der Waals surface area contributed by atoms with Crippen LogP contribution in [0.5, 0.6) is 0 Å². The van der Waals surface area contributed by atoms with E-state index in [0.717, 1.165) is 31.4 Å². The maximum atomic E-state index is 11.3. The number of amides is 1. The molecular weight excluding hydrogens is 230 g/mol. The first-order valence-electron chi connectivity index (χ1n) is 6.24. The number of rotatable bonds is 4. The van der Waals surface area contributed by atoms with Gasteiger partial charge in [0.2, 0.25) is 0 Å². The van der Waals surface area contributed by atoms with Crippen molar-refractivity contribution in [1.29, 1.82) is 0 Å². The quantitative estimate of drug-likeness (QED) is 0.848. The van der Waals surface area contributed by atoms with Crippen LogP contribution in [0.4, 0.5) is 5.69 Å². The molecule has 0 aliphatic heterocycles. The summed E-state index contributed by atoms with van der Waals surface area (Å²) >= 11 is 0. The van der Waals surface area contributed by atoms with E-state index in [2.05, 4.69) is 10.3 Å². The lowest BCUT2D eigenvalue weighted by Gasteiger charge is -2.29. The van der Waals surface area contributed by atoms with Gasteiger partial charge in [-0.1, -0.05) is 0 Å². The van der Waals surface area contributed by atoms with Crippen LogP contribution in [0.25, 0.3) is 0 Å². The molecule has 1 aliphatic carbocycles. The van der Waals surface area contributed by atoms with Gasteiger partial charge in [0.05, 0.1) is 17.4 Å². The Hall–Kier alpha value is -1.62. The largest absolute Gasteiger partial charge is 0.382 e. The summed E-state index contributed by atoms with van der Waals surface area (Å²) in [6.07, 6.45) is 7.71. The van der Waals surface area contributed by atoms with E-state index in [0.29, 0.717) is 17.7 Å². The van der Waals surface area contributed by atoms with Gasteiger partial charge < -0.3 is 15.8 Å². The molecule has 0 aromatic carbocycles. The van der Waals surface area contributed by atoms with Gasteiger partial charge >= 0.3 is 0 Å². The molecule has 2 rings (SSSR count). The lowest BCUT2D eigenvalue weighted by molar-refractivity contribution is 0.0681. The molecule has 5 heteroatoms. The Morgan fingerprint density at radius 3 is 2.78 bits per heavy atom. The van der Waals surface area contributed by atoms with E-state index in [4.69, 9.17) is 10.5 Å². The van der Waals surface area contributed by atoms with Crippen molar-refractivity contribution in [2.45, 2.75) is 37.8 Å². The molecule has 1 saturated carbocycles. The second-order valence-electron chi connectivity index (χ2n) is 4.64. The number of anilines is 1. The van der Waals surface area contributed by atoms with Crippen LogP contribution >= 0.6 is 0 Å². The zero-order chi connectivity index (χ0) is 13.0. The fourth-order valence-corrected chi connectivity index (χ4v) is 2.38. The molecule has 0 atom stereocenters. The fraction of sp³-hybridized carbons (Fsp3) is 0.538. The number of nitrogens with one attached hydrogen (secondary N) is 1. The Balaban J connectivity index is 2.00. The minimum atomic E-state index is -0.448. The molecule has 1 heterocycles. The second-order valence-corrected chi connectivity index (χ2v) is 4.64. The summed E-state index contributed by atoms with van der Waals surface area (Å²) in [5, 5.41) is 3.38. The second kappa shape index (κ2) is 5.82. The number of nitrogens with two attached hydrogens (primary N) is 1. The Kier molecular flexibility index (Phi) is 4.15. The highest BCUT2D eigenvalue weighted by Crippen LogP contribution is 2.24. The van der Waals surface area contributed by atoms with Crippen molar-refractivity contribution in [3.8, 4) is 0 Å². The van der Waals surface area contributed by atoms with Crippen LogP contribution in [-0.4, -0.2) is 30.1 Å². The number of carbonyl (C=O) groups excluding carboxylic acids is 1. The number of pyridine rings is 1. The van der Waals surface area contributed by atoms with Crippen LogP contribution in [0.15, 0.2) is 18.5 Å². The molecule has 0 unspecified atom stereocenters. The van der Waals surface area contributed by atoms with Gasteiger partial charge in [-0.25, -0.2) is 0 Å². The predicted octanol–water partition coefficient (Wildman–Crippen LogP) is 1.55. The number of hydrogen-bond acceptors (Lipinski definition) is 4. The van der Waals surface area contributed by atoms with Crippen LogP contribution in [0.3, 0.4) is 0 Å². The molecule has 3 N–H and O–H groups in total. The van der Waals surface area contributed by atoms with Gasteiger partial charge in [0, 0.05) is 25.5 Å². The molecule has 0 radical (unpaired) electrons.